The van der Waals surface area contributed by atoms with Crippen LogP contribution in [0.5, 0.6) is 0 Å². The third kappa shape index (κ3) is 3.24. The van der Waals surface area contributed by atoms with Gasteiger partial charge in [0.2, 0.25) is 5.91 Å². The average molecular weight is 451 g/mol. The van der Waals surface area contributed by atoms with E-state index in [0.29, 0.717) is 30.1 Å². The molecule has 1 fully saturated rings. The van der Waals surface area contributed by atoms with E-state index < -0.39 is 17.5 Å². The number of aryl methyl sites for hydroxylation is 1. The van der Waals surface area contributed by atoms with Crippen LogP contribution in [0.25, 0.3) is 10.9 Å². The molecule has 3 aromatic rings. The molecule has 8 heteroatoms. The van der Waals surface area contributed by atoms with Gasteiger partial charge in [-0.15, -0.1) is 0 Å². The fourth-order valence-electron chi connectivity index (χ4n) is 4.56. The average Bonchev–Trinajstić information content (AvgIpc) is 3.23. The predicted molar refractivity (Wildman–Crippen MR) is 121 cm³/mol. The maximum Gasteiger partial charge on any atom is 0.325 e. The van der Waals surface area contributed by atoms with Crippen molar-refractivity contribution in [1.29, 1.82) is 0 Å². The highest BCUT2D eigenvalue weighted by Crippen LogP contribution is 2.31. The van der Waals surface area contributed by atoms with Crippen LogP contribution in [0, 0.1) is 6.92 Å². The molecule has 1 unspecified atom stereocenters. The van der Waals surface area contributed by atoms with Crippen molar-refractivity contribution in [3.05, 3.63) is 69.9 Å². The van der Waals surface area contributed by atoms with E-state index in [0.717, 1.165) is 32.6 Å². The number of urea groups is 1. The summed E-state index contributed by atoms with van der Waals surface area (Å²) < 4.78 is 0. The van der Waals surface area contributed by atoms with Crippen LogP contribution in [0.15, 0.2) is 42.5 Å². The molecule has 7 nitrogen and oxygen atoms in total. The third-order valence-corrected chi connectivity index (χ3v) is 6.72. The summed E-state index contributed by atoms with van der Waals surface area (Å²) in [7, 11) is 0. The topological polar surface area (TPSA) is 85.5 Å². The number of hydrogen-bond donors (Lipinski definition) is 2. The van der Waals surface area contributed by atoms with Crippen molar-refractivity contribution in [3.63, 3.8) is 0 Å². The molecule has 2 aliphatic rings. The lowest BCUT2D eigenvalue weighted by molar-refractivity contribution is -0.139. The van der Waals surface area contributed by atoms with Gasteiger partial charge in [-0.05, 0) is 37.6 Å². The first kappa shape index (κ1) is 20.6. The van der Waals surface area contributed by atoms with Crippen LogP contribution in [0.3, 0.4) is 0 Å². The molecular formula is C24H23ClN4O3. The van der Waals surface area contributed by atoms with Gasteiger partial charge in [0.25, 0.3) is 5.91 Å². The minimum Gasteiger partial charge on any atom is -0.358 e. The highest BCUT2D eigenvalue weighted by atomic mass is 35.5. The summed E-state index contributed by atoms with van der Waals surface area (Å²) in [5.41, 5.74) is 3.67. The zero-order valence-corrected chi connectivity index (χ0v) is 18.6. The van der Waals surface area contributed by atoms with E-state index in [4.69, 9.17) is 11.6 Å². The maximum atomic E-state index is 13.2. The molecule has 1 saturated heterocycles. The number of aromatic amines is 1. The number of amides is 4. The Labute approximate surface area is 190 Å². The number of H-pyrrole nitrogens is 1. The van der Waals surface area contributed by atoms with E-state index in [1.54, 1.807) is 11.8 Å². The Balaban J connectivity index is 1.35. The van der Waals surface area contributed by atoms with Gasteiger partial charge < -0.3 is 15.2 Å². The van der Waals surface area contributed by atoms with Crippen LogP contribution in [-0.4, -0.2) is 45.7 Å². The highest BCUT2D eigenvalue weighted by molar-refractivity contribution is 6.31. The summed E-state index contributed by atoms with van der Waals surface area (Å²) in [6.45, 7) is 4.27. The van der Waals surface area contributed by atoms with E-state index in [9.17, 15) is 14.4 Å². The van der Waals surface area contributed by atoms with Crippen molar-refractivity contribution in [2.45, 2.75) is 32.4 Å². The molecule has 0 bridgehead atoms. The monoisotopic (exact) mass is 450 g/mol. The third-order valence-electron chi connectivity index (χ3n) is 6.49. The number of aromatic nitrogens is 1. The molecule has 1 aromatic heterocycles. The van der Waals surface area contributed by atoms with E-state index in [2.05, 4.69) is 10.3 Å². The van der Waals surface area contributed by atoms with Crippen LogP contribution in [0.2, 0.25) is 5.02 Å². The summed E-state index contributed by atoms with van der Waals surface area (Å²) in [5, 5.41) is 4.39. The van der Waals surface area contributed by atoms with Crippen molar-refractivity contribution in [2.24, 2.45) is 0 Å². The summed E-state index contributed by atoms with van der Waals surface area (Å²) in [4.78, 5) is 45.0. The van der Waals surface area contributed by atoms with Crippen molar-refractivity contribution in [1.82, 2.24) is 20.1 Å². The smallest absolute Gasteiger partial charge is 0.325 e. The molecule has 2 aromatic carbocycles. The van der Waals surface area contributed by atoms with Crippen LogP contribution in [0.1, 0.15) is 29.3 Å². The van der Waals surface area contributed by atoms with Crippen LogP contribution >= 0.6 is 11.6 Å². The van der Waals surface area contributed by atoms with E-state index in [1.807, 2.05) is 49.4 Å². The minimum atomic E-state index is -1.19. The molecule has 0 radical (unpaired) electrons. The second-order valence-corrected chi connectivity index (χ2v) is 9.09. The number of nitrogens with one attached hydrogen (secondary N) is 2. The zero-order valence-electron chi connectivity index (χ0n) is 17.9. The Morgan fingerprint density at radius 1 is 1.16 bits per heavy atom. The summed E-state index contributed by atoms with van der Waals surface area (Å²) in [5.74, 6) is -0.681. The number of hydrogen-bond acceptors (Lipinski definition) is 3. The van der Waals surface area contributed by atoms with Crippen molar-refractivity contribution in [2.75, 3.05) is 13.1 Å². The number of nitrogens with zero attached hydrogens (tertiary/aromatic N) is 2. The molecule has 4 amide bonds. The SMILES string of the molecule is Cc1ccc(C2(C)NC(=O)N(CC(=O)N3CCc4[nH]c5ccc(Cl)cc5c4C3)C2=O)cc1. The highest BCUT2D eigenvalue weighted by Gasteiger charge is 2.49. The normalized spacial score (nSPS) is 20.6. The Kier molecular flexibility index (Phi) is 4.74. The molecule has 0 spiro atoms. The van der Waals surface area contributed by atoms with Gasteiger partial charge in [0, 0.05) is 46.7 Å². The van der Waals surface area contributed by atoms with Gasteiger partial charge in [0.05, 0.1) is 0 Å². The predicted octanol–water partition coefficient (Wildman–Crippen LogP) is 3.48. The first-order chi connectivity index (χ1) is 15.3. The summed E-state index contributed by atoms with van der Waals surface area (Å²) >= 11 is 6.17. The maximum absolute atomic E-state index is 13.2. The number of halogens is 1. The van der Waals surface area contributed by atoms with Crippen molar-refractivity contribution >= 4 is 40.3 Å². The van der Waals surface area contributed by atoms with Gasteiger partial charge >= 0.3 is 6.03 Å². The largest absolute Gasteiger partial charge is 0.358 e. The zero-order chi connectivity index (χ0) is 22.6. The molecule has 2 aliphatic heterocycles. The molecular weight excluding hydrogens is 428 g/mol. The number of carbonyl (C=O) groups is 3. The second kappa shape index (κ2) is 7.38. The summed E-state index contributed by atoms with van der Waals surface area (Å²) in [6.07, 6.45) is 0.675. The fraction of sp³-hybridized carbons (Fsp3) is 0.292. The van der Waals surface area contributed by atoms with E-state index in [1.165, 1.54) is 0 Å². The molecule has 5 rings (SSSR count). The van der Waals surface area contributed by atoms with Gasteiger partial charge in [0.1, 0.15) is 12.1 Å². The minimum absolute atomic E-state index is 0.260. The van der Waals surface area contributed by atoms with Crippen LogP contribution < -0.4 is 5.32 Å². The second-order valence-electron chi connectivity index (χ2n) is 8.65. The molecule has 164 valence electrons. The number of imide groups is 1. The van der Waals surface area contributed by atoms with Crippen molar-refractivity contribution < 1.29 is 14.4 Å². The lowest BCUT2D eigenvalue weighted by Crippen LogP contribution is -2.45. The van der Waals surface area contributed by atoms with Gasteiger partial charge in [-0.3, -0.25) is 14.5 Å². The molecule has 1 atom stereocenters. The Morgan fingerprint density at radius 3 is 2.66 bits per heavy atom. The Morgan fingerprint density at radius 2 is 1.91 bits per heavy atom. The molecule has 32 heavy (non-hydrogen) atoms. The van der Waals surface area contributed by atoms with E-state index in [-0.39, 0.29) is 12.5 Å². The molecule has 0 aliphatic carbocycles. The molecule has 0 saturated carbocycles. The lowest BCUT2D eigenvalue weighted by Gasteiger charge is -2.29. The lowest BCUT2D eigenvalue weighted by atomic mass is 9.91. The quantitative estimate of drug-likeness (QED) is 0.599. The van der Waals surface area contributed by atoms with Crippen molar-refractivity contribution in [3.8, 4) is 0 Å². The first-order valence-corrected chi connectivity index (χ1v) is 10.9. The number of benzene rings is 2. The van der Waals surface area contributed by atoms with Crippen LogP contribution in [0.4, 0.5) is 4.79 Å². The van der Waals surface area contributed by atoms with Crippen LogP contribution in [-0.2, 0) is 28.1 Å². The first-order valence-electron chi connectivity index (χ1n) is 10.5. The fourth-order valence-corrected chi connectivity index (χ4v) is 4.73. The standard InChI is InChI=1S/C24H23ClN4O3/c1-14-3-5-15(6-4-14)24(2)22(31)29(23(32)27-24)13-21(30)28-10-9-20-18(12-28)17-11-16(25)7-8-19(17)26-20/h3-8,11,26H,9-10,12-13H2,1-2H3,(H,27,32). The van der Waals surface area contributed by atoms with Gasteiger partial charge in [-0.2, -0.15) is 0 Å². The van der Waals surface area contributed by atoms with Gasteiger partial charge in [-0.1, -0.05) is 41.4 Å². The number of carbonyl (C=O) groups excluding carboxylic acids is 3. The molecule has 3 heterocycles. The molecule has 2 N–H and O–H groups in total. The number of rotatable bonds is 3. The van der Waals surface area contributed by atoms with E-state index >= 15 is 0 Å². The van der Waals surface area contributed by atoms with Gasteiger partial charge in [-0.25, -0.2) is 4.79 Å². The Hall–Kier alpha value is -3.32. The Bertz CT molecular complexity index is 1270. The number of fused-ring (bicyclic) bond motifs is 3. The summed E-state index contributed by atoms with van der Waals surface area (Å²) in [6, 6.07) is 12.5. The van der Waals surface area contributed by atoms with Gasteiger partial charge in [0.15, 0.2) is 0 Å².